The first-order valence-corrected chi connectivity index (χ1v) is 7.41. The first-order valence-electron chi connectivity index (χ1n) is 5.76. The van der Waals surface area contributed by atoms with E-state index in [0.29, 0.717) is 4.90 Å². The average molecular weight is 256 g/mol. The fourth-order valence-corrected chi connectivity index (χ4v) is 2.86. The molecule has 4 heteroatoms. The number of hydrogen-bond donors (Lipinski definition) is 1. The van der Waals surface area contributed by atoms with Crippen LogP contribution >= 0.6 is 0 Å². The molecule has 1 unspecified atom stereocenters. The second-order valence-corrected chi connectivity index (χ2v) is 7.00. The summed E-state index contributed by atoms with van der Waals surface area (Å²) in [7, 11) is -3.29. The first kappa shape index (κ1) is 14.2. The molecule has 0 bridgehead atoms. The lowest BCUT2D eigenvalue weighted by Crippen LogP contribution is -2.33. The van der Waals surface area contributed by atoms with Crippen molar-refractivity contribution in [3.05, 3.63) is 30.3 Å². The van der Waals surface area contributed by atoms with Crippen LogP contribution in [0.4, 0.5) is 0 Å². The highest BCUT2D eigenvalue weighted by Crippen LogP contribution is 2.22. The minimum Gasteiger partial charge on any atom is -0.390 e. The van der Waals surface area contributed by atoms with Crippen LogP contribution < -0.4 is 0 Å². The molecule has 0 saturated heterocycles. The molecule has 1 atom stereocenters. The Kier molecular flexibility index (Phi) is 4.33. The Balaban J connectivity index is 2.77. The van der Waals surface area contributed by atoms with Crippen molar-refractivity contribution in [2.75, 3.05) is 5.75 Å². The smallest absolute Gasteiger partial charge is 0.178 e. The molecule has 0 heterocycles. The molecule has 1 N–H and O–H groups in total. The summed E-state index contributed by atoms with van der Waals surface area (Å²) in [4.78, 5) is 0.319. The quantitative estimate of drug-likeness (QED) is 0.879. The number of sulfone groups is 1. The van der Waals surface area contributed by atoms with E-state index < -0.39 is 15.4 Å². The second kappa shape index (κ2) is 5.19. The lowest BCUT2D eigenvalue weighted by molar-refractivity contribution is 0.0107. The molecule has 0 saturated carbocycles. The largest absolute Gasteiger partial charge is 0.390 e. The van der Waals surface area contributed by atoms with E-state index >= 15 is 0 Å². The maximum atomic E-state index is 12.0. The molecular formula is C13H20O3S. The summed E-state index contributed by atoms with van der Waals surface area (Å²) in [5.74, 6) is 0.0100. The van der Waals surface area contributed by atoms with E-state index in [2.05, 4.69) is 0 Å². The molecule has 1 rings (SSSR count). The van der Waals surface area contributed by atoms with Gasteiger partial charge in [-0.15, -0.1) is 0 Å². The molecule has 0 radical (unpaired) electrons. The van der Waals surface area contributed by atoms with E-state index in [9.17, 15) is 13.5 Å². The molecule has 0 spiro atoms. The Morgan fingerprint density at radius 3 is 2.24 bits per heavy atom. The third-order valence-corrected chi connectivity index (χ3v) is 4.96. The van der Waals surface area contributed by atoms with Gasteiger partial charge in [0.2, 0.25) is 0 Å². The Bertz CT molecular complexity index is 447. The summed E-state index contributed by atoms with van der Waals surface area (Å²) in [5, 5.41) is 10.0. The van der Waals surface area contributed by atoms with E-state index in [4.69, 9.17) is 0 Å². The standard InChI is InChI=1S/C13H20O3S/c1-11(2)13(3,14)9-10-17(15,16)12-7-5-4-6-8-12/h4-8,11,14H,9-10H2,1-3H3. The van der Waals surface area contributed by atoms with Crippen molar-refractivity contribution < 1.29 is 13.5 Å². The molecule has 96 valence electrons. The molecule has 0 amide bonds. The Labute approximate surface area is 103 Å². The van der Waals surface area contributed by atoms with Crippen molar-refractivity contribution >= 4 is 9.84 Å². The number of benzene rings is 1. The van der Waals surface area contributed by atoms with Gasteiger partial charge in [-0.25, -0.2) is 8.42 Å². The van der Waals surface area contributed by atoms with Crippen LogP contribution in [-0.2, 0) is 9.84 Å². The summed E-state index contributed by atoms with van der Waals surface area (Å²) in [6.07, 6.45) is 0.252. The van der Waals surface area contributed by atoms with Crippen LogP contribution in [0.1, 0.15) is 27.2 Å². The van der Waals surface area contributed by atoms with Gasteiger partial charge in [0, 0.05) is 0 Å². The Morgan fingerprint density at radius 2 is 1.76 bits per heavy atom. The van der Waals surface area contributed by atoms with Crippen LogP contribution in [0, 0.1) is 5.92 Å². The van der Waals surface area contributed by atoms with Gasteiger partial charge in [0.25, 0.3) is 0 Å². The van der Waals surface area contributed by atoms with Crippen molar-refractivity contribution in [3.8, 4) is 0 Å². The predicted molar refractivity (Wildman–Crippen MR) is 68.6 cm³/mol. The van der Waals surface area contributed by atoms with Gasteiger partial charge in [-0.3, -0.25) is 0 Å². The van der Waals surface area contributed by atoms with Crippen molar-refractivity contribution in [2.24, 2.45) is 5.92 Å². The molecular weight excluding hydrogens is 236 g/mol. The van der Waals surface area contributed by atoms with Crippen LogP contribution in [-0.4, -0.2) is 24.9 Å². The van der Waals surface area contributed by atoms with Gasteiger partial charge in [0.1, 0.15) is 0 Å². The summed E-state index contributed by atoms with van der Waals surface area (Å²) in [5.41, 5.74) is -0.943. The van der Waals surface area contributed by atoms with Crippen LogP contribution in [0.3, 0.4) is 0 Å². The van der Waals surface area contributed by atoms with Crippen LogP contribution in [0.2, 0.25) is 0 Å². The van der Waals surface area contributed by atoms with Crippen molar-refractivity contribution in [1.29, 1.82) is 0 Å². The number of hydrogen-bond acceptors (Lipinski definition) is 3. The second-order valence-electron chi connectivity index (χ2n) is 4.89. The van der Waals surface area contributed by atoms with Gasteiger partial charge in [-0.05, 0) is 31.4 Å². The molecule has 0 aliphatic rings. The summed E-state index contributed by atoms with van der Waals surface area (Å²) in [6, 6.07) is 8.35. The van der Waals surface area contributed by atoms with E-state index in [0.717, 1.165) is 0 Å². The van der Waals surface area contributed by atoms with Crippen LogP contribution in [0.5, 0.6) is 0 Å². The van der Waals surface area contributed by atoms with Crippen LogP contribution in [0.15, 0.2) is 35.2 Å². The molecule has 17 heavy (non-hydrogen) atoms. The molecule has 0 aromatic heterocycles. The summed E-state index contributed by atoms with van der Waals surface area (Å²) in [6.45, 7) is 5.45. The molecule has 1 aromatic carbocycles. The average Bonchev–Trinajstić information content (AvgIpc) is 2.28. The highest BCUT2D eigenvalue weighted by atomic mass is 32.2. The van der Waals surface area contributed by atoms with Crippen molar-refractivity contribution in [1.82, 2.24) is 0 Å². The zero-order valence-electron chi connectivity index (χ0n) is 10.6. The molecule has 3 nitrogen and oxygen atoms in total. The maximum Gasteiger partial charge on any atom is 0.178 e. The highest BCUT2D eigenvalue weighted by molar-refractivity contribution is 7.91. The van der Waals surface area contributed by atoms with E-state index in [-0.39, 0.29) is 18.1 Å². The van der Waals surface area contributed by atoms with Gasteiger partial charge >= 0.3 is 0 Å². The van der Waals surface area contributed by atoms with E-state index in [1.54, 1.807) is 37.3 Å². The van der Waals surface area contributed by atoms with E-state index in [1.807, 2.05) is 13.8 Å². The van der Waals surface area contributed by atoms with Gasteiger partial charge in [-0.1, -0.05) is 32.0 Å². The molecule has 0 aliphatic heterocycles. The monoisotopic (exact) mass is 256 g/mol. The Hall–Kier alpha value is -0.870. The van der Waals surface area contributed by atoms with Gasteiger partial charge in [0.05, 0.1) is 16.2 Å². The van der Waals surface area contributed by atoms with Gasteiger partial charge in [0.15, 0.2) is 9.84 Å². The van der Waals surface area contributed by atoms with Gasteiger partial charge in [-0.2, -0.15) is 0 Å². The lowest BCUT2D eigenvalue weighted by atomic mass is 9.90. The molecule has 1 aromatic rings. The Morgan fingerprint density at radius 1 is 1.24 bits per heavy atom. The van der Waals surface area contributed by atoms with Crippen molar-refractivity contribution in [2.45, 2.75) is 37.7 Å². The SMILES string of the molecule is CC(C)C(C)(O)CCS(=O)(=O)c1ccccc1. The zero-order chi connectivity index (χ0) is 13.1. The third kappa shape index (κ3) is 3.82. The number of aliphatic hydroxyl groups is 1. The first-order chi connectivity index (χ1) is 7.76. The highest BCUT2D eigenvalue weighted by Gasteiger charge is 2.27. The van der Waals surface area contributed by atoms with Crippen LogP contribution in [0.25, 0.3) is 0 Å². The van der Waals surface area contributed by atoms with Gasteiger partial charge < -0.3 is 5.11 Å². The minimum atomic E-state index is -3.29. The minimum absolute atomic E-state index is 0.0256. The number of rotatable bonds is 5. The zero-order valence-corrected chi connectivity index (χ0v) is 11.4. The maximum absolute atomic E-state index is 12.0. The fourth-order valence-electron chi connectivity index (χ4n) is 1.38. The fraction of sp³-hybridized carbons (Fsp3) is 0.538. The summed E-state index contributed by atoms with van der Waals surface area (Å²) < 4.78 is 24.0. The predicted octanol–water partition coefficient (Wildman–Crippen LogP) is 2.26. The lowest BCUT2D eigenvalue weighted by Gasteiger charge is -2.27. The normalized spacial score (nSPS) is 15.8. The third-order valence-electron chi connectivity index (χ3n) is 3.22. The summed E-state index contributed by atoms with van der Waals surface area (Å²) >= 11 is 0. The molecule has 0 fully saturated rings. The van der Waals surface area contributed by atoms with E-state index in [1.165, 1.54) is 0 Å². The van der Waals surface area contributed by atoms with Crippen molar-refractivity contribution in [3.63, 3.8) is 0 Å². The molecule has 0 aliphatic carbocycles. The topological polar surface area (TPSA) is 54.4 Å².